The summed E-state index contributed by atoms with van der Waals surface area (Å²) in [7, 11) is -3.24. The summed E-state index contributed by atoms with van der Waals surface area (Å²) in [6, 6.07) is 12.8. The molecule has 28 heavy (non-hydrogen) atoms. The van der Waals surface area contributed by atoms with Crippen molar-refractivity contribution in [3.63, 3.8) is 0 Å². The normalized spacial score (nSPS) is 11.2. The van der Waals surface area contributed by atoms with Gasteiger partial charge in [-0.25, -0.2) is 22.9 Å². The Balaban J connectivity index is 2.38. The number of rotatable bonds is 5. The number of nitrogens with zero attached hydrogens (tertiary/aromatic N) is 1. The van der Waals surface area contributed by atoms with Gasteiger partial charge in [-0.05, 0) is 24.3 Å². The molecule has 0 unspecified atom stereocenters. The van der Waals surface area contributed by atoms with Gasteiger partial charge in [-0.3, -0.25) is 0 Å². The second-order valence-electron chi connectivity index (χ2n) is 5.66. The number of aromatic hydroxyl groups is 2. The number of hydrogen-bond acceptors (Lipinski definition) is 7. The predicted octanol–water partition coefficient (Wildman–Crippen LogP) is 2.11. The molecule has 1 aromatic heterocycles. The largest absolute Gasteiger partial charge is 0.494 e. The van der Waals surface area contributed by atoms with Gasteiger partial charge in [0.15, 0.2) is 17.5 Å². The lowest BCUT2D eigenvalue weighted by Crippen LogP contribution is -2.16. The van der Waals surface area contributed by atoms with E-state index in [4.69, 9.17) is 9.88 Å². The Kier molecular flexibility index (Phi) is 4.99. The van der Waals surface area contributed by atoms with Gasteiger partial charge in [0.1, 0.15) is 10.6 Å². The van der Waals surface area contributed by atoms with Crippen LogP contribution < -0.4 is 9.88 Å². The van der Waals surface area contributed by atoms with Crippen molar-refractivity contribution in [1.82, 2.24) is 4.57 Å². The van der Waals surface area contributed by atoms with Crippen molar-refractivity contribution in [3.05, 3.63) is 60.2 Å². The predicted molar refractivity (Wildman–Crippen MR) is 98.3 cm³/mol. The maximum atomic E-state index is 12.2. The highest BCUT2D eigenvalue weighted by molar-refractivity contribution is 7.89. The Morgan fingerprint density at radius 2 is 1.64 bits per heavy atom. The van der Waals surface area contributed by atoms with Gasteiger partial charge in [0, 0.05) is 12.1 Å². The molecule has 0 saturated carbocycles. The minimum atomic E-state index is -4.37. The van der Waals surface area contributed by atoms with Crippen molar-refractivity contribution >= 4 is 16.0 Å². The molecule has 0 spiro atoms. The molecule has 0 aliphatic rings. The Morgan fingerprint density at radius 1 is 1.04 bits per heavy atom. The van der Waals surface area contributed by atoms with Crippen LogP contribution in [0.3, 0.4) is 0 Å². The molecule has 0 radical (unpaired) electrons. The van der Waals surface area contributed by atoms with Gasteiger partial charge >= 0.3 is 5.97 Å². The van der Waals surface area contributed by atoms with E-state index in [-0.39, 0.29) is 22.7 Å². The van der Waals surface area contributed by atoms with Crippen LogP contribution in [0.5, 0.6) is 23.3 Å². The Labute approximate surface area is 160 Å². The summed E-state index contributed by atoms with van der Waals surface area (Å²) in [5.41, 5.74) is -0.301. The van der Waals surface area contributed by atoms with E-state index in [1.54, 1.807) is 30.3 Å². The van der Waals surface area contributed by atoms with E-state index >= 15 is 0 Å². The number of sulfonamides is 1. The first-order chi connectivity index (χ1) is 13.2. The van der Waals surface area contributed by atoms with Crippen LogP contribution in [0.15, 0.2) is 59.5 Å². The van der Waals surface area contributed by atoms with E-state index in [1.807, 2.05) is 0 Å². The summed E-state index contributed by atoms with van der Waals surface area (Å²) in [6.07, 6.45) is 0. The van der Waals surface area contributed by atoms with Gasteiger partial charge in [0.05, 0.1) is 18.4 Å². The fraction of sp³-hybridized carbons (Fsp3) is 0.0556. The summed E-state index contributed by atoms with van der Waals surface area (Å²) in [4.78, 5) is 11.5. The third-order valence-electron chi connectivity index (χ3n) is 3.81. The van der Waals surface area contributed by atoms with Crippen molar-refractivity contribution < 1.29 is 32.9 Å². The number of esters is 1. The summed E-state index contributed by atoms with van der Waals surface area (Å²) in [6.45, 7) is 0. The molecule has 9 nitrogen and oxygen atoms in total. The van der Waals surface area contributed by atoms with Gasteiger partial charge in [0.25, 0.3) is 0 Å². The highest BCUT2D eigenvalue weighted by atomic mass is 32.2. The van der Waals surface area contributed by atoms with E-state index < -0.39 is 32.6 Å². The first-order valence-electron chi connectivity index (χ1n) is 7.84. The van der Waals surface area contributed by atoms with E-state index in [2.05, 4.69) is 4.74 Å². The number of aromatic nitrogens is 1. The highest BCUT2D eigenvalue weighted by Gasteiger charge is 2.26. The van der Waals surface area contributed by atoms with Crippen LogP contribution in [0, 0.1) is 0 Å². The Hall–Kier alpha value is -3.50. The number of ether oxygens (including phenoxy) is 2. The first-order valence-corrected chi connectivity index (χ1v) is 9.39. The van der Waals surface area contributed by atoms with E-state index in [1.165, 1.54) is 18.2 Å². The molecule has 10 heteroatoms. The van der Waals surface area contributed by atoms with E-state index in [0.717, 1.165) is 17.7 Å². The second kappa shape index (κ2) is 7.25. The lowest BCUT2D eigenvalue weighted by molar-refractivity contribution is 0.0600. The zero-order valence-electron chi connectivity index (χ0n) is 14.6. The minimum absolute atomic E-state index is 0.129. The van der Waals surface area contributed by atoms with Gasteiger partial charge in [0.2, 0.25) is 10.0 Å². The van der Waals surface area contributed by atoms with Crippen LogP contribution in [-0.2, 0) is 14.8 Å². The van der Waals surface area contributed by atoms with Crippen molar-refractivity contribution in [2.75, 3.05) is 7.11 Å². The van der Waals surface area contributed by atoms with E-state index in [0.29, 0.717) is 0 Å². The lowest BCUT2D eigenvalue weighted by atomic mass is 10.1. The SMILES string of the molecule is COC(=O)c1cc(-n2c(O)ccc2O)c(Oc2ccccc2)c(S(N)(=O)=O)c1. The molecule has 0 amide bonds. The summed E-state index contributed by atoms with van der Waals surface area (Å²) >= 11 is 0. The molecule has 0 atom stereocenters. The molecule has 4 N–H and O–H groups in total. The van der Waals surface area contributed by atoms with Gasteiger partial charge in [-0.15, -0.1) is 0 Å². The molecule has 2 aromatic carbocycles. The first kappa shape index (κ1) is 19.3. The fourth-order valence-electron chi connectivity index (χ4n) is 2.57. The van der Waals surface area contributed by atoms with Crippen LogP contribution in [0.2, 0.25) is 0 Å². The monoisotopic (exact) mass is 404 g/mol. The minimum Gasteiger partial charge on any atom is -0.494 e. The highest BCUT2D eigenvalue weighted by Crippen LogP contribution is 2.40. The number of hydrogen-bond donors (Lipinski definition) is 3. The van der Waals surface area contributed by atoms with Crippen molar-refractivity contribution in [2.24, 2.45) is 5.14 Å². The number of para-hydroxylation sites is 1. The molecule has 0 fully saturated rings. The van der Waals surface area contributed by atoms with Gasteiger partial charge in [-0.1, -0.05) is 18.2 Å². The zero-order chi connectivity index (χ0) is 20.5. The molecule has 146 valence electrons. The maximum Gasteiger partial charge on any atom is 0.337 e. The third kappa shape index (κ3) is 3.63. The van der Waals surface area contributed by atoms with Gasteiger partial charge < -0.3 is 19.7 Å². The van der Waals surface area contributed by atoms with Crippen LogP contribution in [0.4, 0.5) is 0 Å². The summed E-state index contributed by atoms with van der Waals surface area (Å²) in [5.74, 6) is -1.70. The number of benzene rings is 2. The number of carbonyl (C=O) groups is 1. The number of carbonyl (C=O) groups excluding carboxylic acids is 1. The topological polar surface area (TPSA) is 141 Å². The standard InChI is InChI=1S/C18H16N2O7S/c1-26-18(23)11-9-13(20-15(21)7-8-16(20)22)17(14(10-11)28(19,24)25)27-12-5-3-2-4-6-12/h2-10,21-22H,1H3,(H2,19,24,25). The molecular formula is C18H16N2O7S. The lowest BCUT2D eigenvalue weighted by Gasteiger charge is -2.18. The van der Waals surface area contributed by atoms with Crippen molar-refractivity contribution in [1.29, 1.82) is 0 Å². The number of methoxy groups -OCH3 is 1. The quantitative estimate of drug-likeness (QED) is 0.553. The van der Waals surface area contributed by atoms with Gasteiger partial charge in [-0.2, -0.15) is 0 Å². The number of primary sulfonamides is 1. The molecule has 0 bridgehead atoms. The maximum absolute atomic E-state index is 12.2. The molecule has 0 saturated heterocycles. The van der Waals surface area contributed by atoms with Crippen molar-refractivity contribution in [3.8, 4) is 28.9 Å². The summed E-state index contributed by atoms with van der Waals surface area (Å²) in [5, 5.41) is 25.5. The molecular weight excluding hydrogens is 388 g/mol. The molecule has 3 rings (SSSR count). The Morgan fingerprint density at radius 3 is 2.18 bits per heavy atom. The van der Waals surface area contributed by atoms with Crippen LogP contribution in [0.25, 0.3) is 5.69 Å². The molecule has 1 heterocycles. The summed E-state index contributed by atoms with van der Waals surface area (Å²) < 4.78 is 35.7. The smallest absolute Gasteiger partial charge is 0.337 e. The zero-order valence-corrected chi connectivity index (χ0v) is 15.4. The van der Waals surface area contributed by atoms with Crippen LogP contribution >= 0.6 is 0 Å². The number of nitrogens with two attached hydrogens (primary N) is 1. The second-order valence-corrected chi connectivity index (χ2v) is 7.19. The molecule has 0 aliphatic heterocycles. The Bertz CT molecular complexity index is 1120. The molecule has 3 aromatic rings. The fourth-order valence-corrected chi connectivity index (χ4v) is 3.27. The van der Waals surface area contributed by atoms with Crippen LogP contribution in [-0.4, -0.2) is 36.3 Å². The average Bonchev–Trinajstić information content (AvgIpc) is 2.99. The third-order valence-corrected chi connectivity index (χ3v) is 4.72. The van der Waals surface area contributed by atoms with Crippen molar-refractivity contribution in [2.45, 2.75) is 4.90 Å². The molecule has 0 aliphatic carbocycles. The van der Waals surface area contributed by atoms with E-state index in [9.17, 15) is 23.4 Å². The van der Waals surface area contributed by atoms with Crippen LogP contribution in [0.1, 0.15) is 10.4 Å². The average molecular weight is 404 g/mol.